The third kappa shape index (κ3) is 4.13. The number of ether oxygens (including phenoxy) is 1. The maximum Gasteiger partial charge on any atom is 0.254 e. The highest BCUT2D eigenvalue weighted by molar-refractivity contribution is 6.01. The van der Waals surface area contributed by atoms with E-state index in [0.717, 1.165) is 47.5 Å². The van der Waals surface area contributed by atoms with E-state index in [2.05, 4.69) is 69.8 Å². The van der Waals surface area contributed by atoms with E-state index >= 15 is 0 Å². The van der Waals surface area contributed by atoms with Gasteiger partial charge in [-0.1, -0.05) is 48.6 Å². The second-order valence-electron chi connectivity index (χ2n) is 12.6. The van der Waals surface area contributed by atoms with Gasteiger partial charge in [-0.25, -0.2) is 4.98 Å². The smallest absolute Gasteiger partial charge is 0.254 e. The summed E-state index contributed by atoms with van der Waals surface area (Å²) in [6, 6.07) is 23.2. The van der Waals surface area contributed by atoms with Crippen LogP contribution >= 0.6 is 0 Å². The number of benzene rings is 3. The molecule has 3 aliphatic rings. The average Bonchev–Trinajstić information content (AvgIpc) is 3.70. The predicted molar refractivity (Wildman–Crippen MR) is 172 cm³/mol. The van der Waals surface area contributed by atoms with Crippen LogP contribution in [0, 0.1) is 16.7 Å². The van der Waals surface area contributed by atoms with Crippen LogP contribution in [0.4, 0.5) is 0 Å². The minimum atomic E-state index is -0.103. The van der Waals surface area contributed by atoms with E-state index in [4.69, 9.17) is 15.1 Å². The van der Waals surface area contributed by atoms with E-state index in [-0.39, 0.29) is 17.4 Å². The molecule has 2 aliphatic carbocycles. The number of amides is 1. The van der Waals surface area contributed by atoms with Crippen LogP contribution in [-0.2, 0) is 13.6 Å². The molecule has 3 heterocycles. The van der Waals surface area contributed by atoms with E-state index in [0.29, 0.717) is 23.8 Å². The Kier molecular flexibility index (Phi) is 5.86. The number of rotatable bonds is 8. The minimum Gasteiger partial charge on any atom is -0.494 e. The molecule has 2 atom stereocenters. The summed E-state index contributed by atoms with van der Waals surface area (Å²) >= 11 is 0. The van der Waals surface area contributed by atoms with E-state index < -0.39 is 0 Å². The predicted octanol–water partition coefficient (Wildman–Crippen LogP) is 7.04. The van der Waals surface area contributed by atoms with Gasteiger partial charge in [-0.2, -0.15) is 0 Å². The molecule has 0 radical (unpaired) electrons. The minimum absolute atomic E-state index is 0.00601. The van der Waals surface area contributed by atoms with Gasteiger partial charge in [-0.3, -0.25) is 4.79 Å². The summed E-state index contributed by atoms with van der Waals surface area (Å²) in [6.07, 6.45) is 10.3. The zero-order chi connectivity index (χ0) is 29.3. The first kappa shape index (κ1) is 26.0. The second-order valence-corrected chi connectivity index (χ2v) is 12.6. The Morgan fingerprint density at radius 1 is 1.05 bits per heavy atom. The lowest BCUT2D eigenvalue weighted by molar-refractivity contribution is -0.0739. The lowest BCUT2D eigenvalue weighted by Gasteiger charge is -2.63. The second kappa shape index (κ2) is 9.69. The summed E-state index contributed by atoms with van der Waals surface area (Å²) in [5.74, 6) is 2.19. The zero-order valence-corrected chi connectivity index (χ0v) is 24.6. The molecule has 0 bridgehead atoms. The van der Waals surface area contributed by atoms with Gasteiger partial charge in [0.2, 0.25) is 0 Å². The number of hydrogen-bond donors (Lipinski definition) is 1. The van der Waals surface area contributed by atoms with Gasteiger partial charge in [0, 0.05) is 54.3 Å². The van der Waals surface area contributed by atoms with Gasteiger partial charge in [0.1, 0.15) is 11.3 Å². The highest BCUT2D eigenvalue weighted by atomic mass is 16.5. The van der Waals surface area contributed by atoms with Gasteiger partial charge in [-0.05, 0) is 73.1 Å². The van der Waals surface area contributed by atoms with Crippen LogP contribution in [0.3, 0.4) is 0 Å². The number of hydrogen-bond acceptors (Lipinski definition) is 4. The third-order valence-electron chi connectivity index (χ3n) is 9.90. The Hall–Kier alpha value is -4.65. The number of carbonyl (C=O) groups excluding carboxylic acids is 1. The number of methoxy groups -OCH3 is 1. The molecule has 43 heavy (non-hydrogen) atoms. The van der Waals surface area contributed by atoms with Crippen LogP contribution in [0.2, 0.25) is 0 Å². The quantitative estimate of drug-likeness (QED) is 0.161. The summed E-state index contributed by atoms with van der Waals surface area (Å²) in [5.41, 5.74) is 6.74. The topological polar surface area (TPSA) is 76.1 Å². The number of nitrogens with zero attached hydrogens (tertiary/aromatic N) is 4. The number of carbonyl (C=O) groups is 1. The highest BCUT2D eigenvalue weighted by Crippen LogP contribution is 2.52. The van der Waals surface area contributed by atoms with Crippen LogP contribution in [0.5, 0.6) is 5.75 Å². The normalized spacial score (nSPS) is 21.2. The van der Waals surface area contributed by atoms with Gasteiger partial charge < -0.3 is 24.2 Å². The van der Waals surface area contributed by atoms with Crippen molar-refractivity contribution >= 4 is 46.2 Å². The van der Waals surface area contributed by atoms with E-state index in [1.165, 1.54) is 29.3 Å². The number of likely N-dealkylation sites (tertiary alicyclic amines) is 1. The Morgan fingerprint density at radius 3 is 2.56 bits per heavy atom. The van der Waals surface area contributed by atoms with Crippen LogP contribution in [0.25, 0.3) is 45.6 Å². The average molecular weight is 570 g/mol. The molecule has 0 spiro atoms. The number of aryl methyl sites for hydroxylation is 1. The molecular weight excluding hydrogens is 534 g/mol. The van der Waals surface area contributed by atoms with Gasteiger partial charge in [-0.15, -0.1) is 0 Å². The summed E-state index contributed by atoms with van der Waals surface area (Å²) in [6.45, 7) is 1.59. The fraction of sp³-hybridized carbons (Fsp3) is 0.306. The third-order valence-corrected chi connectivity index (χ3v) is 9.90. The Bertz CT molecular complexity index is 1950. The summed E-state index contributed by atoms with van der Waals surface area (Å²) < 4.78 is 10.4. The van der Waals surface area contributed by atoms with Crippen LogP contribution in [0.15, 0.2) is 66.7 Å². The fourth-order valence-corrected chi connectivity index (χ4v) is 7.11. The van der Waals surface area contributed by atoms with Gasteiger partial charge >= 0.3 is 0 Å². The van der Waals surface area contributed by atoms with Crippen molar-refractivity contribution < 1.29 is 9.53 Å². The largest absolute Gasteiger partial charge is 0.494 e. The first-order valence-corrected chi connectivity index (χ1v) is 15.2. The number of aromatic nitrogens is 3. The van der Waals surface area contributed by atoms with Gasteiger partial charge in [0.15, 0.2) is 5.82 Å². The molecule has 5 aromatic rings. The molecular formula is C36H35N5O2. The molecule has 3 fully saturated rings. The molecule has 1 saturated heterocycles. The molecule has 1 aliphatic heterocycles. The van der Waals surface area contributed by atoms with E-state index in [9.17, 15) is 4.79 Å². The van der Waals surface area contributed by atoms with Crippen LogP contribution in [0.1, 0.15) is 47.2 Å². The lowest BCUT2D eigenvalue weighted by Crippen LogP contribution is -2.72. The van der Waals surface area contributed by atoms with Crippen molar-refractivity contribution in [2.75, 3.05) is 13.7 Å². The Labute approximate surface area is 250 Å². The first-order valence-electron chi connectivity index (χ1n) is 15.2. The molecule has 7 nitrogen and oxygen atoms in total. The van der Waals surface area contributed by atoms with E-state index in [1.807, 2.05) is 30.1 Å². The Balaban J connectivity index is 1.19. The summed E-state index contributed by atoms with van der Waals surface area (Å²) in [4.78, 5) is 20.6. The highest BCUT2D eigenvalue weighted by Gasteiger charge is 2.59. The van der Waals surface area contributed by atoms with Crippen LogP contribution in [-0.4, -0.2) is 50.8 Å². The van der Waals surface area contributed by atoms with Crippen molar-refractivity contribution in [2.24, 2.45) is 18.4 Å². The molecule has 2 aromatic heterocycles. The fourth-order valence-electron chi connectivity index (χ4n) is 7.11. The molecule has 216 valence electrons. The number of piperidine rings is 1. The molecule has 8 rings (SSSR count). The standard InChI is InChI=1S/C36H35N5O2/c1-39-33-28(17-27(19-31(33)43-2)35(42)41-22-36(21-37)15-14-32(36)41)38-34(39)30-18-26-16-24(9-8-23-6-4-3-5-7-23)12-13-29(26)40(30)20-25-10-11-25/h3-9,12-13,16-19,21,25,32,37H,10-11,14-15,20,22H2,1-2H3/b9-8+,37-21?/t32?,36-/m1/s1. The number of nitrogens with one attached hydrogen (secondary N) is 1. The molecule has 1 unspecified atom stereocenters. The van der Waals surface area contributed by atoms with Gasteiger partial charge in [0.05, 0.1) is 18.3 Å². The van der Waals surface area contributed by atoms with Crippen molar-refractivity contribution in [2.45, 2.75) is 38.3 Å². The van der Waals surface area contributed by atoms with E-state index in [1.54, 1.807) is 13.3 Å². The molecule has 1 N–H and O–H groups in total. The molecule has 7 heteroatoms. The Morgan fingerprint density at radius 2 is 1.86 bits per heavy atom. The molecule has 2 saturated carbocycles. The van der Waals surface area contributed by atoms with Gasteiger partial charge in [0.25, 0.3) is 5.91 Å². The SMILES string of the molecule is COc1cc(C(=O)N2C[C@]3(C=N)CCC23)cc2nc(-c3cc4cc(/C=C/c5ccccc5)ccc4n3CC3CC3)n(C)c12. The number of imidazole rings is 1. The lowest BCUT2D eigenvalue weighted by atomic mass is 9.58. The summed E-state index contributed by atoms with van der Waals surface area (Å²) in [5, 5.41) is 9.01. The maximum absolute atomic E-state index is 13.6. The molecule has 3 aromatic carbocycles. The number of fused-ring (bicyclic) bond motifs is 3. The van der Waals surface area contributed by atoms with Crippen LogP contribution < -0.4 is 4.74 Å². The van der Waals surface area contributed by atoms with Crippen molar-refractivity contribution in [1.82, 2.24) is 19.0 Å². The monoisotopic (exact) mass is 569 g/mol. The maximum atomic E-state index is 13.6. The first-order chi connectivity index (χ1) is 21.0. The van der Waals surface area contributed by atoms with Crippen molar-refractivity contribution in [1.29, 1.82) is 5.41 Å². The van der Waals surface area contributed by atoms with Crippen molar-refractivity contribution in [3.8, 4) is 17.3 Å². The molecule has 1 amide bonds. The van der Waals surface area contributed by atoms with Crippen molar-refractivity contribution in [3.63, 3.8) is 0 Å². The summed E-state index contributed by atoms with van der Waals surface area (Å²) in [7, 11) is 3.68. The zero-order valence-electron chi connectivity index (χ0n) is 24.6. The van der Waals surface area contributed by atoms with Crippen molar-refractivity contribution in [3.05, 3.63) is 83.4 Å².